The van der Waals surface area contributed by atoms with Crippen molar-refractivity contribution < 1.29 is 4.79 Å². The van der Waals surface area contributed by atoms with E-state index in [4.69, 9.17) is 0 Å². The number of amides is 1. The van der Waals surface area contributed by atoms with E-state index in [1.54, 1.807) is 0 Å². The highest BCUT2D eigenvalue weighted by molar-refractivity contribution is 6.10. The highest BCUT2D eigenvalue weighted by Gasteiger charge is 2.25. The standard InChI is InChI=1S/C18H20N2O/c1-19(2)17-12-6-4-10-15(17)18(21)20-13-7-9-14-8-3-5-11-16(14)20/h3-6,8,10-12H,7,9,13H2,1-2H3. The van der Waals surface area contributed by atoms with Gasteiger partial charge < -0.3 is 9.80 Å². The van der Waals surface area contributed by atoms with Crippen LogP contribution in [0.1, 0.15) is 22.3 Å². The summed E-state index contributed by atoms with van der Waals surface area (Å²) in [5.41, 5.74) is 4.05. The summed E-state index contributed by atoms with van der Waals surface area (Å²) in [6, 6.07) is 16.0. The van der Waals surface area contributed by atoms with Crippen LogP contribution in [0, 0.1) is 0 Å². The van der Waals surface area contributed by atoms with E-state index in [1.807, 2.05) is 66.4 Å². The number of fused-ring (bicyclic) bond motifs is 1. The van der Waals surface area contributed by atoms with Crippen molar-refractivity contribution >= 4 is 17.3 Å². The van der Waals surface area contributed by atoms with Crippen LogP contribution in [0.2, 0.25) is 0 Å². The van der Waals surface area contributed by atoms with Gasteiger partial charge in [-0.2, -0.15) is 0 Å². The molecule has 0 unspecified atom stereocenters. The second kappa shape index (κ2) is 5.60. The van der Waals surface area contributed by atoms with E-state index in [2.05, 4.69) is 6.07 Å². The fraction of sp³-hybridized carbons (Fsp3) is 0.278. The van der Waals surface area contributed by atoms with Crippen molar-refractivity contribution in [3.63, 3.8) is 0 Å². The molecule has 0 aliphatic carbocycles. The van der Waals surface area contributed by atoms with Crippen molar-refractivity contribution in [3.8, 4) is 0 Å². The second-order valence-electron chi connectivity index (χ2n) is 5.60. The van der Waals surface area contributed by atoms with Gasteiger partial charge in [-0.15, -0.1) is 0 Å². The molecular weight excluding hydrogens is 260 g/mol. The maximum atomic E-state index is 13.0. The molecule has 21 heavy (non-hydrogen) atoms. The van der Waals surface area contributed by atoms with Gasteiger partial charge in [0.2, 0.25) is 0 Å². The molecule has 0 fully saturated rings. The van der Waals surface area contributed by atoms with Crippen LogP contribution in [-0.2, 0) is 6.42 Å². The number of rotatable bonds is 2. The van der Waals surface area contributed by atoms with E-state index in [0.717, 1.165) is 36.3 Å². The number of nitrogens with zero attached hydrogens (tertiary/aromatic N) is 2. The van der Waals surface area contributed by atoms with Crippen molar-refractivity contribution in [2.45, 2.75) is 12.8 Å². The molecular formula is C18H20N2O. The lowest BCUT2D eigenvalue weighted by molar-refractivity contribution is 0.0985. The first-order valence-electron chi connectivity index (χ1n) is 7.34. The first kappa shape index (κ1) is 13.7. The average Bonchev–Trinajstić information content (AvgIpc) is 2.53. The zero-order valence-corrected chi connectivity index (χ0v) is 12.5. The molecule has 1 amide bonds. The van der Waals surface area contributed by atoms with Crippen LogP contribution < -0.4 is 9.80 Å². The number of hydrogen-bond donors (Lipinski definition) is 0. The minimum absolute atomic E-state index is 0.0893. The molecule has 0 bridgehead atoms. The topological polar surface area (TPSA) is 23.6 Å². The first-order chi connectivity index (χ1) is 10.2. The van der Waals surface area contributed by atoms with Gasteiger partial charge >= 0.3 is 0 Å². The Morgan fingerprint density at radius 2 is 1.76 bits per heavy atom. The average molecular weight is 280 g/mol. The fourth-order valence-corrected chi connectivity index (χ4v) is 2.93. The predicted molar refractivity (Wildman–Crippen MR) is 87.2 cm³/mol. The second-order valence-corrected chi connectivity index (χ2v) is 5.60. The molecule has 3 heteroatoms. The molecule has 2 aromatic rings. The summed E-state index contributed by atoms with van der Waals surface area (Å²) in [6.07, 6.45) is 2.07. The number of carbonyl (C=O) groups excluding carboxylic acids is 1. The maximum Gasteiger partial charge on any atom is 0.260 e. The number of para-hydroxylation sites is 2. The monoisotopic (exact) mass is 280 g/mol. The van der Waals surface area contributed by atoms with E-state index >= 15 is 0 Å². The largest absolute Gasteiger partial charge is 0.377 e. The molecule has 0 N–H and O–H groups in total. The Labute approximate surface area is 125 Å². The quantitative estimate of drug-likeness (QED) is 0.842. The highest BCUT2D eigenvalue weighted by atomic mass is 16.2. The van der Waals surface area contributed by atoms with Crippen LogP contribution in [0.15, 0.2) is 48.5 Å². The minimum Gasteiger partial charge on any atom is -0.377 e. The Morgan fingerprint density at radius 3 is 2.57 bits per heavy atom. The van der Waals surface area contributed by atoms with Crippen LogP contribution in [-0.4, -0.2) is 26.5 Å². The van der Waals surface area contributed by atoms with Gasteiger partial charge in [0.25, 0.3) is 5.91 Å². The van der Waals surface area contributed by atoms with Gasteiger partial charge in [0.15, 0.2) is 0 Å². The van der Waals surface area contributed by atoms with Gasteiger partial charge in [-0.25, -0.2) is 0 Å². The third-order valence-electron chi connectivity index (χ3n) is 3.97. The van der Waals surface area contributed by atoms with Crippen LogP contribution in [0.5, 0.6) is 0 Å². The molecule has 108 valence electrons. The molecule has 1 heterocycles. The maximum absolute atomic E-state index is 13.0. The smallest absolute Gasteiger partial charge is 0.260 e. The van der Waals surface area contributed by atoms with E-state index < -0.39 is 0 Å². The van der Waals surface area contributed by atoms with Crippen molar-refractivity contribution in [2.75, 3.05) is 30.4 Å². The van der Waals surface area contributed by atoms with Crippen LogP contribution >= 0.6 is 0 Å². The van der Waals surface area contributed by atoms with Gasteiger partial charge in [-0.1, -0.05) is 30.3 Å². The normalized spacial score (nSPS) is 13.7. The summed E-state index contributed by atoms with van der Waals surface area (Å²) in [5.74, 6) is 0.0893. The third kappa shape index (κ3) is 2.51. The summed E-state index contributed by atoms with van der Waals surface area (Å²) in [6.45, 7) is 0.789. The molecule has 0 spiro atoms. The van der Waals surface area contributed by atoms with Crippen LogP contribution in [0.3, 0.4) is 0 Å². The van der Waals surface area contributed by atoms with Crippen LogP contribution in [0.25, 0.3) is 0 Å². The molecule has 2 aromatic carbocycles. The lowest BCUT2D eigenvalue weighted by Crippen LogP contribution is -2.36. The zero-order valence-electron chi connectivity index (χ0n) is 12.5. The molecule has 0 aromatic heterocycles. The van der Waals surface area contributed by atoms with Gasteiger partial charge in [0.05, 0.1) is 5.56 Å². The zero-order chi connectivity index (χ0) is 14.8. The van der Waals surface area contributed by atoms with E-state index in [-0.39, 0.29) is 5.91 Å². The Kier molecular flexibility index (Phi) is 3.65. The number of anilines is 2. The minimum atomic E-state index is 0.0893. The number of benzene rings is 2. The molecule has 1 aliphatic rings. The Hall–Kier alpha value is -2.29. The lowest BCUT2D eigenvalue weighted by atomic mass is 10.0. The molecule has 0 saturated carbocycles. The summed E-state index contributed by atoms with van der Waals surface area (Å²) in [4.78, 5) is 16.9. The molecule has 3 rings (SSSR count). The Morgan fingerprint density at radius 1 is 1.05 bits per heavy atom. The van der Waals surface area contributed by atoms with Gasteiger partial charge in [-0.3, -0.25) is 4.79 Å². The van der Waals surface area contributed by atoms with Crippen LogP contribution in [0.4, 0.5) is 11.4 Å². The van der Waals surface area contributed by atoms with E-state index in [0.29, 0.717) is 0 Å². The highest BCUT2D eigenvalue weighted by Crippen LogP contribution is 2.30. The molecule has 0 saturated heterocycles. The van der Waals surface area contributed by atoms with Gasteiger partial charge in [-0.05, 0) is 36.6 Å². The number of hydrogen-bond acceptors (Lipinski definition) is 2. The van der Waals surface area contributed by atoms with Gasteiger partial charge in [0, 0.05) is 32.0 Å². The Bertz CT molecular complexity index is 664. The summed E-state index contributed by atoms with van der Waals surface area (Å²) >= 11 is 0. The molecule has 1 aliphatic heterocycles. The first-order valence-corrected chi connectivity index (χ1v) is 7.34. The number of aryl methyl sites for hydroxylation is 1. The predicted octanol–water partition coefficient (Wildman–Crippen LogP) is 3.35. The summed E-state index contributed by atoms with van der Waals surface area (Å²) in [7, 11) is 3.94. The van der Waals surface area contributed by atoms with Gasteiger partial charge in [0.1, 0.15) is 0 Å². The van der Waals surface area contributed by atoms with Crippen molar-refractivity contribution in [1.29, 1.82) is 0 Å². The Balaban J connectivity index is 2.01. The van der Waals surface area contributed by atoms with Crippen molar-refractivity contribution in [3.05, 3.63) is 59.7 Å². The molecule has 0 atom stereocenters. The van der Waals surface area contributed by atoms with Crippen molar-refractivity contribution in [1.82, 2.24) is 0 Å². The molecule has 0 radical (unpaired) electrons. The summed E-state index contributed by atoms with van der Waals surface area (Å²) < 4.78 is 0. The third-order valence-corrected chi connectivity index (χ3v) is 3.97. The fourth-order valence-electron chi connectivity index (χ4n) is 2.93. The SMILES string of the molecule is CN(C)c1ccccc1C(=O)N1CCCc2ccccc21. The van der Waals surface area contributed by atoms with Crippen molar-refractivity contribution in [2.24, 2.45) is 0 Å². The molecule has 3 nitrogen and oxygen atoms in total. The summed E-state index contributed by atoms with van der Waals surface area (Å²) in [5, 5.41) is 0. The van der Waals surface area contributed by atoms with E-state index in [9.17, 15) is 4.79 Å². The number of carbonyl (C=O) groups is 1. The van der Waals surface area contributed by atoms with E-state index in [1.165, 1.54) is 5.56 Å². The lowest BCUT2D eigenvalue weighted by Gasteiger charge is -2.30.